The molecule has 2 N–H and O–H groups in total. The summed E-state index contributed by atoms with van der Waals surface area (Å²) in [6.45, 7) is 3.39. The van der Waals surface area contributed by atoms with Crippen LogP contribution in [0.5, 0.6) is 0 Å². The Hall–Kier alpha value is -1.64. The zero-order valence-corrected chi connectivity index (χ0v) is 18.4. The van der Waals surface area contributed by atoms with Crippen molar-refractivity contribution in [3.05, 3.63) is 64.1 Å². The van der Waals surface area contributed by atoms with Gasteiger partial charge < -0.3 is 10.1 Å². The van der Waals surface area contributed by atoms with Gasteiger partial charge in [-0.25, -0.2) is 8.42 Å². The van der Waals surface area contributed by atoms with E-state index in [4.69, 9.17) is 27.9 Å². The van der Waals surface area contributed by atoms with E-state index in [1.165, 1.54) is 18.2 Å². The van der Waals surface area contributed by atoms with Crippen LogP contribution in [0, 0.1) is 0 Å². The molecule has 0 fully saturated rings. The molecular formula is C20H24Cl2N2O4S. The van der Waals surface area contributed by atoms with Crippen molar-refractivity contribution in [1.82, 2.24) is 10.0 Å². The molecule has 2 aromatic rings. The number of amides is 1. The third-order valence-corrected chi connectivity index (χ3v) is 6.24. The van der Waals surface area contributed by atoms with E-state index in [2.05, 4.69) is 10.0 Å². The average molecular weight is 459 g/mol. The number of nitrogens with one attached hydrogen (secondary N) is 2. The molecule has 0 heterocycles. The lowest BCUT2D eigenvalue weighted by Crippen LogP contribution is -2.48. The first-order chi connectivity index (χ1) is 13.8. The fourth-order valence-corrected chi connectivity index (χ4v) is 4.58. The number of carbonyl (C=O) groups excluding carboxylic acids is 1. The van der Waals surface area contributed by atoms with Crippen LogP contribution in [0.3, 0.4) is 0 Å². The van der Waals surface area contributed by atoms with Gasteiger partial charge in [0.05, 0.1) is 5.02 Å². The molecule has 0 bridgehead atoms. The molecule has 1 atom stereocenters. The molecule has 0 spiro atoms. The first-order valence-corrected chi connectivity index (χ1v) is 11.4. The Labute approximate surface area is 181 Å². The van der Waals surface area contributed by atoms with Crippen molar-refractivity contribution in [2.75, 3.05) is 19.8 Å². The summed E-state index contributed by atoms with van der Waals surface area (Å²) in [6, 6.07) is 12.3. The molecular weight excluding hydrogens is 435 g/mol. The summed E-state index contributed by atoms with van der Waals surface area (Å²) in [7, 11) is -4.07. The molecule has 0 aliphatic heterocycles. The Morgan fingerprint density at radius 3 is 2.55 bits per heavy atom. The van der Waals surface area contributed by atoms with Crippen LogP contribution in [-0.4, -0.2) is 40.1 Å². The van der Waals surface area contributed by atoms with Gasteiger partial charge in [0.2, 0.25) is 15.9 Å². The van der Waals surface area contributed by atoms with E-state index in [9.17, 15) is 13.2 Å². The molecule has 29 heavy (non-hydrogen) atoms. The molecule has 6 nitrogen and oxygen atoms in total. The van der Waals surface area contributed by atoms with Gasteiger partial charge in [0.15, 0.2) is 0 Å². The molecule has 0 radical (unpaired) electrons. The van der Waals surface area contributed by atoms with Gasteiger partial charge in [0.25, 0.3) is 0 Å². The standard InChI is InChI=1S/C20H24Cl2N2O4S/c1-2-28-12-6-11-23-20(25)18(13-15-7-4-3-5-8-15)24-29(26,27)19-14-16(21)9-10-17(19)22/h3-5,7-10,14,18,24H,2,6,11-13H2,1H3,(H,23,25)/t18-/m0/s1. The van der Waals surface area contributed by atoms with Gasteiger partial charge in [-0.1, -0.05) is 53.5 Å². The van der Waals surface area contributed by atoms with Crippen molar-refractivity contribution in [2.45, 2.75) is 30.7 Å². The summed E-state index contributed by atoms with van der Waals surface area (Å²) in [4.78, 5) is 12.5. The zero-order chi connectivity index (χ0) is 21.3. The number of halogens is 2. The van der Waals surface area contributed by atoms with Crippen molar-refractivity contribution in [3.63, 3.8) is 0 Å². The summed E-state index contributed by atoms with van der Waals surface area (Å²) in [5.41, 5.74) is 0.821. The number of rotatable bonds is 11. The SMILES string of the molecule is CCOCCCNC(=O)[C@H](Cc1ccccc1)NS(=O)(=O)c1cc(Cl)ccc1Cl. The minimum Gasteiger partial charge on any atom is -0.382 e. The second kappa shape index (κ2) is 11.5. The molecule has 158 valence electrons. The summed E-state index contributed by atoms with van der Waals surface area (Å²) in [6.07, 6.45) is 0.820. The summed E-state index contributed by atoms with van der Waals surface area (Å²) < 4.78 is 33.5. The van der Waals surface area contributed by atoms with Crippen LogP contribution in [-0.2, 0) is 26.0 Å². The smallest absolute Gasteiger partial charge is 0.242 e. The van der Waals surface area contributed by atoms with Crippen molar-refractivity contribution in [1.29, 1.82) is 0 Å². The second-order valence-electron chi connectivity index (χ2n) is 6.28. The number of hydrogen-bond acceptors (Lipinski definition) is 4. The summed E-state index contributed by atoms with van der Waals surface area (Å²) in [5.74, 6) is -0.424. The van der Waals surface area contributed by atoms with E-state index in [0.29, 0.717) is 26.2 Å². The van der Waals surface area contributed by atoms with Crippen LogP contribution in [0.25, 0.3) is 0 Å². The summed E-state index contributed by atoms with van der Waals surface area (Å²) >= 11 is 12.0. The largest absolute Gasteiger partial charge is 0.382 e. The number of sulfonamides is 1. The van der Waals surface area contributed by atoms with E-state index in [1.807, 2.05) is 37.3 Å². The lowest BCUT2D eigenvalue weighted by molar-refractivity contribution is -0.122. The van der Waals surface area contributed by atoms with Gasteiger partial charge in [0.1, 0.15) is 10.9 Å². The maximum absolute atomic E-state index is 12.9. The molecule has 2 aromatic carbocycles. The van der Waals surface area contributed by atoms with E-state index < -0.39 is 22.0 Å². The highest BCUT2D eigenvalue weighted by Gasteiger charge is 2.27. The number of benzene rings is 2. The van der Waals surface area contributed by atoms with Crippen molar-refractivity contribution in [2.24, 2.45) is 0 Å². The monoisotopic (exact) mass is 458 g/mol. The van der Waals surface area contributed by atoms with Crippen molar-refractivity contribution < 1.29 is 17.9 Å². The van der Waals surface area contributed by atoms with Crippen LogP contribution in [0.2, 0.25) is 10.0 Å². The first-order valence-electron chi connectivity index (χ1n) is 9.20. The first kappa shape index (κ1) is 23.6. The quantitative estimate of drug-likeness (QED) is 0.505. The highest BCUT2D eigenvalue weighted by molar-refractivity contribution is 7.89. The van der Waals surface area contributed by atoms with Crippen molar-refractivity contribution in [3.8, 4) is 0 Å². The van der Waals surface area contributed by atoms with Gasteiger partial charge in [-0.3, -0.25) is 4.79 Å². The van der Waals surface area contributed by atoms with Crippen LogP contribution < -0.4 is 10.0 Å². The Morgan fingerprint density at radius 2 is 1.86 bits per heavy atom. The summed E-state index contributed by atoms with van der Waals surface area (Å²) in [5, 5.41) is 3.01. The van der Waals surface area contributed by atoms with Crippen LogP contribution >= 0.6 is 23.2 Å². The van der Waals surface area contributed by atoms with Gasteiger partial charge in [-0.2, -0.15) is 4.72 Å². The highest BCUT2D eigenvalue weighted by atomic mass is 35.5. The van der Waals surface area contributed by atoms with Crippen molar-refractivity contribution >= 4 is 39.1 Å². The number of hydrogen-bond donors (Lipinski definition) is 2. The Kier molecular flexibility index (Phi) is 9.39. The number of ether oxygens (including phenoxy) is 1. The Balaban J connectivity index is 2.17. The Bertz CT molecular complexity index is 908. The van der Waals surface area contributed by atoms with Gasteiger partial charge in [-0.05, 0) is 43.5 Å². The lowest BCUT2D eigenvalue weighted by Gasteiger charge is -2.19. The van der Waals surface area contributed by atoms with E-state index in [-0.39, 0.29) is 21.4 Å². The molecule has 2 rings (SSSR count). The third-order valence-electron chi connectivity index (χ3n) is 4.05. The fraction of sp³-hybridized carbons (Fsp3) is 0.350. The maximum atomic E-state index is 12.9. The minimum absolute atomic E-state index is 0.0254. The van der Waals surface area contributed by atoms with Crippen LogP contribution in [0.1, 0.15) is 18.9 Å². The molecule has 0 aliphatic carbocycles. The maximum Gasteiger partial charge on any atom is 0.242 e. The normalized spacial score (nSPS) is 12.5. The molecule has 0 saturated carbocycles. The minimum atomic E-state index is -4.07. The van der Waals surface area contributed by atoms with E-state index in [0.717, 1.165) is 5.56 Å². The predicted molar refractivity (Wildman–Crippen MR) is 115 cm³/mol. The third kappa shape index (κ3) is 7.60. The van der Waals surface area contributed by atoms with E-state index >= 15 is 0 Å². The fourth-order valence-electron chi connectivity index (χ4n) is 2.62. The average Bonchev–Trinajstić information content (AvgIpc) is 2.69. The van der Waals surface area contributed by atoms with Crippen LogP contribution in [0.15, 0.2) is 53.4 Å². The molecule has 0 unspecified atom stereocenters. The molecule has 0 aromatic heterocycles. The topological polar surface area (TPSA) is 84.5 Å². The predicted octanol–water partition coefficient (Wildman–Crippen LogP) is 3.43. The molecule has 1 amide bonds. The van der Waals surface area contributed by atoms with Gasteiger partial charge in [-0.15, -0.1) is 0 Å². The van der Waals surface area contributed by atoms with Gasteiger partial charge >= 0.3 is 0 Å². The zero-order valence-electron chi connectivity index (χ0n) is 16.0. The highest BCUT2D eigenvalue weighted by Crippen LogP contribution is 2.25. The molecule has 0 saturated heterocycles. The second-order valence-corrected chi connectivity index (χ2v) is 8.81. The van der Waals surface area contributed by atoms with Crippen LogP contribution in [0.4, 0.5) is 0 Å². The molecule has 9 heteroatoms. The van der Waals surface area contributed by atoms with E-state index in [1.54, 1.807) is 0 Å². The molecule has 0 aliphatic rings. The number of carbonyl (C=O) groups is 1. The Morgan fingerprint density at radius 1 is 1.14 bits per heavy atom. The van der Waals surface area contributed by atoms with Gasteiger partial charge in [0, 0.05) is 24.8 Å². The lowest BCUT2D eigenvalue weighted by atomic mass is 10.1.